The second kappa shape index (κ2) is 12.6. The molecule has 2 N–H and O–H groups in total. The van der Waals surface area contributed by atoms with Crippen molar-refractivity contribution < 1.29 is 49.0 Å². The van der Waals surface area contributed by atoms with E-state index in [1.807, 2.05) is 0 Å². The number of carbonyl (C=O) groups is 1. The van der Waals surface area contributed by atoms with E-state index in [1.165, 1.54) is 55.6 Å². The van der Waals surface area contributed by atoms with E-state index >= 15 is 0 Å². The van der Waals surface area contributed by atoms with Crippen molar-refractivity contribution in [2.45, 2.75) is 17.4 Å². The largest absolute Gasteiger partial charge is 0.497 e. The van der Waals surface area contributed by atoms with Crippen LogP contribution in [0.25, 0.3) is 0 Å². The van der Waals surface area contributed by atoms with Gasteiger partial charge in [0.1, 0.15) is 5.75 Å². The molecule has 3 aromatic rings. The van der Waals surface area contributed by atoms with Crippen molar-refractivity contribution in [3.63, 3.8) is 0 Å². The van der Waals surface area contributed by atoms with E-state index in [1.54, 1.807) is 30.3 Å². The van der Waals surface area contributed by atoms with E-state index in [2.05, 4.69) is 20.5 Å². The fourth-order valence-corrected chi connectivity index (χ4v) is 5.09. The Bertz CT molecular complexity index is 1810. The second-order valence-corrected chi connectivity index (χ2v) is 11.1. The molecule has 1 aliphatic carbocycles. The van der Waals surface area contributed by atoms with Crippen molar-refractivity contribution in [1.29, 1.82) is 0 Å². The molecule has 1 atom stereocenters. The van der Waals surface area contributed by atoms with Gasteiger partial charge in [0.05, 0.1) is 34.7 Å². The average Bonchev–Trinajstić information content (AvgIpc) is 3.01. The highest BCUT2D eigenvalue weighted by Crippen LogP contribution is 2.49. The molecule has 0 saturated heterocycles. The van der Waals surface area contributed by atoms with Crippen molar-refractivity contribution >= 4 is 49.0 Å². The Morgan fingerprint density at radius 1 is 0.800 bits per heavy atom. The van der Waals surface area contributed by atoms with E-state index in [0.717, 1.165) is 12.2 Å². The van der Waals surface area contributed by atoms with Crippen molar-refractivity contribution in [2.75, 3.05) is 12.4 Å². The maximum absolute atomic E-state index is 14.7. The standard InChI is InChI=1S/C29H21F7N4O4S/c1-44-23-14-12-19(13-15-23)37-24-16-7-18(17-25(24)45(42,43)29(35,36)27(30,31)28(32,33)34)26(41)38-20-8-10-22(11-9-20)40-39-21-5-3-2-4-6-21/h2-17H,1H3,(H,38,41)(H,42,43). The lowest BCUT2D eigenvalue weighted by Crippen LogP contribution is -2.57. The zero-order chi connectivity index (χ0) is 33.0. The molecule has 8 nitrogen and oxygen atoms in total. The molecule has 1 aliphatic rings. The summed E-state index contributed by atoms with van der Waals surface area (Å²) in [5.41, 5.74) is -0.469. The molecule has 0 aromatic heterocycles. The topological polar surface area (TPSA) is 113 Å². The van der Waals surface area contributed by atoms with Gasteiger partial charge in [-0.3, -0.25) is 4.79 Å². The first kappa shape index (κ1) is 33.1. The third-order valence-electron chi connectivity index (χ3n) is 6.07. The van der Waals surface area contributed by atoms with E-state index in [0.29, 0.717) is 23.2 Å². The molecule has 0 spiro atoms. The Labute approximate surface area is 251 Å². The predicted octanol–water partition coefficient (Wildman–Crippen LogP) is 8.04. The van der Waals surface area contributed by atoms with Gasteiger partial charge in [0, 0.05) is 11.3 Å². The fourth-order valence-electron chi connectivity index (χ4n) is 3.67. The first-order valence-electron chi connectivity index (χ1n) is 12.5. The lowest BCUT2D eigenvalue weighted by molar-refractivity contribution is -0.332. The Morgan fingerprint density at radius 2 is 1.36 bits per heavy atom. The number of benzene rings is 3. The van der Waals surface area contributed by atoms with E-state index in [9.17, 15) is 44.3 Å². The minimum atomic E-state index is -6.93. The first-order chi connectivity index (χ1) is 21.1. The maximum atomic E-state index is 14.7. The zero-order valence-corrected chi connectivity index (χ0v) is 23.6. The van der Waals surface area contributed by atoms with Crippen molar-refractivity contribution in [3.05, 3.63) is 103 Å². The summed E-state index contributed by atoms with van der Waals surface area (Å²) in [6.07, 6.45) is -4.86. The maximum Gasteiger partial charge on any atom is 0.461 e. The second-order valence-electron chi connectivity index (χ2n) is 9.14. The molecular weight excluding hydrogens is 633 g/mol. The number of hydrogen-bond donors (Lipinski definition) is 2. The molecule has 1 unspecified atom stereocenters. The molecule has 45 heavy (non-hydrogen) atoms. The van der Waals surface area contributed by atoms with Crippen LogP contribution in [0.15, 0.2) is 118 Å². The van der Waals surface area contributed by atoms with Crippen LogP contribution in [-0.2, 0) is 14.6 Å². The van der Waals surface area contributed by atoms with Gasteiger partial charge in [-0.25, -0.2) is 9.20 Å². The summed E-state index contributed by atoms with van der Waals surface area (Å²) in [6, 6.07) is 19.7. The van der Waals surface area contributed by atoms with Crippen LogP contribution in [-0.4, -0.2) is 49.7 Å². The van der Waals surface area contributed by atoms with Crippen molar-refractivity contribution in [2.24, 2.45) is 15.2 Å². The van der Waals surface area contributed by atoms with Gasteiger partial charge in [-0.05, 0) is 78.9 Å². The smallest absolute Gasteiger partial charge is 0.461 e. The summed E-state index contributed by atoms with van der Waals surface area (Å²) >= 11 is 0. The molecule has 0 bridgehead atoms. The van der Waals surface area contributed by atoms with Crippen LogP contribution in [0.4, 0.5) is 53.5 Å². The van der Waals surface area contributed by atoms with Gasteiger partial charge in [-0.2, -0.15) is 41.0 Å². The minimum absolute atomic E-state index is 0.0696. The SMILES string of the molecule is COc1ccc(N=C2C=CC(C(=O)Nc3ccc(N=Nc4ccccc4)cc3)=CC2=S(=O)(O)C(F)(F)C(F)(F)C(F)(F)F)cc1. The fraction of sp³-hybridized carbons (Fsp3) is 0.138. The third-order valence-corrected chi connectivity index (χ3v) is 7.95. The molecule has 236 valence electrons. The molecule has 0 radical (unpaired) electrons. The number of allylic oxidation sites excluding steroid dienone is 2. The highest BCUT2D eigenvalue weighted by atomic mass is 32.2. The van der Waals surface area contributed by atoms with Crippen LogP contribution < -0.4 is 10.1 Å². The molecule has 4 rings (SSSR count). The summed E-state index contributed by atoms with van der Waals surface area (Å²) in [7, 11) is -5.24. The molecule has 3 aromatic carbocycles. The highest BCUT2D eigenvalue weighted by molar-refractivity contribution is 8.00. The van der Waals surface area contributed by atoms with Gasteiger partial charge in [0.15, 0.2) is 9.80 Å². The number of ether oxygens (including phenoxy) is 1. The van der Waals surface area contributed by atoms with Gasteiger partial charge < -0.3 is 14.6 Å². The minimum Gasteiger partial charge on any atom is -0.497 e. The molecule has 16 heteroatoms. The van der Waals surface area contributed by atoms with Gasteiger partial charge in [-0.1, -0.05) is 18.2 Å². The van der Waals surface area contributed by atoms with Crippen LogP contribution in [0.2, 0.25) is 0 Å². The molecule has 0 saturated carbocycles. The number of nitrogens with one attached hydrogen (secondary N) is 1. The number of halogens is 7. The lowest BCUT2D eigenvalue weighted by Gasteiger charge is -2.30. The monoisotopic (exact) mass is 654 g/mol. The Kier molecular flexibility index (Phi) is 9.30. The van der Waals surface area contributed by atoms with Gasteiger partial charge in [-0.15, -0.1) is 0 Å². The van der Waals surface area contributed by atoms with E-state index in [4.69, 9.17) is 4.74 Å². The number of anilines is 1. The van der Waals surface area contributed by atoms with Crippen LogP contribution >= 0.6 is 0 Å². The normalized spacial score (nSPS) is 16.4. The predicted molar refractivity (Wildman–Crippen MR) is 155 cm³/mol. The number of carbonyl (C=O) groups excluding carboxylic acids is 1. The van der Waals surface area contributed by atoms with Crippen LogP contribution in [0.5, 0.6) is 5.75 Å². The third kappa shape index (κ3) is 6.96. The molecular formula is C29H21F7N4O4S. The lowest BCUT2D eigenvalue weighted by atomic mass is 10.0. The van der Waals surface area contributed by atoms with Crippen molar-refractivity contribution in [1.82, 2.24) is 0 Å². The number of methoxy groups -OCH3 is 1. The summed E-state index contributed by atoms with van der Waals surface area (Å²) in [6.45, 7) is 0. The molecule has 1 amide bonds. The number of rotatable bonds is 8. The van der Waals surface area contributed by atoms with Gasteiger partial charge in [0.2, 0.25) is 0 Å². The first-order valence-corrected chi connectivity index (χ1v) is 14.0. The highest BCUT2D eigenvalue weighted by Gasteiger charge is 2.77. The van der Waals surface area contributed by atoms with Gasteiger partial charge in [0.25, 0.3) is 5.91 Å². The summed E-state index contributed by atoms with van der Waals surface area (Å²) in [5.74, 6) is -7.68. The number of aliphatic imine (C=N–C) groups is 1. The Balaban J connectivity index is 1.71. The number of azo groups is 1. The van der Waals surface area contributed by atoms with E-state index < -0.39 is 49.2 Å². The molecule has 0 aliphatic heterocycles. The van der Waals surface area contributed by atoms with Crippen LogP contribution in [0.3, 0.4) is 0 Å². The van der Waals surface area contributed by atoms with Crippen molar-refractivity contribution in [3.8, 4) is 5.75 Å². The van der Waals surface area contributed by atoms with Crippen LogP contribution in [0, 0.1) is 0 Å². The Hall–Kier alpha value is -4.83. The Morgan fingerprint density at radius 3 is 1.91 bits per heavy atom. The summed E-state index contributed by atoms with van der Waals surface area (Å²) in [4.78, 5) is 15.2. The number of amides is 1. The molecule has 0 heterocycles. The quantitative estimate of drug-likeness (QED) is 0.145. The average molecular weight is 655 g/mol. The van der Waals surface area contributed by atoms with Crippen LogP contribution in [0.1, 0.15) is 0 Å². The number of hydrogen-bond acceptors (Lipinski definition) is 6. The van der Waals surface area contributed by atoms with Gasteiger partial charge >= 0.3 is 17.4 Å². The molecule has 0 fully saturated rings. The number of nitrogens with zero attached hydrogens (tertiary/aromatic N) is 3. The number of alkyl halides is 7. The van der Waals surface area contributed by atoms with E-state index in [-0.39, 0.29) is 11.4 Å². The summed E-state index contributed by atoms with van der Waals surface area (Å²) < 4.78 is 124. The summed E-state index contributed by atoms with van der Waals surface area (Å²) in [5, 5.41) is 3.86. The zero-order valence-electron chi connectivity index (χ0n) is 22.8.